The number of carbonyl (C=O) groups is 4. The van der Waals surface area contributed by atoms with Gasteiger partial charge in [0.2, 0.25) is 0 Å². The first-order valence-corrected chi connectivity index (χ1v) is 15.9. The van der Waals surface area contributed by atoms with Crippen molar-refractivity contribution in [2.75, 3.05) is 13.1 Å². The van der Waals surface area contributed by atoms with E-state index in [1.54, 1.807) is 36.5 Å². The number of phenols is 1. The summed E-state index contributed by atoms with van der Waals surface area (Å²) >= 11 is 0. The van der Waals surface area contributed by atoms with Crippen molar-refractivity contribution >= 4 is 23.4 Å². The highest BCUT2D eigenvalue weighted by molar-refractivity contribution is 6.08. The second-order valence-corrected chi connectivity index (χ2v) is 11.8. The molecule has 0 fully saturated rings. The lowest BCUT2D eigenvalue weighted by Gasteiger charge is -2.26. The van der Waals surface area contributed by atoms with Crippen LogP contribution in [0, 0.1) is 0 Å². The van der Waals surface area contributed by atoms with Crippen molar-refractivity contribution in [1.29, 1.82) is 0 Å². The largest absolute Gasteiger partial charge is 0.508 e. The summed E-state index contributed by atoms with van der Waals surface area (Å²) in [4.78, 5) is 56.3. The first-order valence-electron chi connectivity index (χ1n) is 15.9. The first kappa shape index (κ1) is 34.3. The molecule has 0 saturated carbocycles. The Labute approximate surface area is 284 Å². The lowest BCUT2D eigenvalue weighted by Crippen LogP contribution is -2.33. The van der Waals surface area contributed by atoms with Crippen molar-refractivity contribution < 1.29 is 34.5 Å². The Morgan fingerprint density at radius 1 is 0.612 bits per heavy atom. The number of carbonyl (C=O) groups excluding carboxylic acids is 4. The highest BCUT2D eigenvalue weighted by Gasteiger charge is 2.43. The highest BCUT2D eigenvalue weighted by Crippen LogP contribution is 2.39. The molecule has 3 N–H and O–H groups in total. The van der Waals surface area contributed by atoms with Crippen LogP contribution in [0.4, 0.5) is 0 Å². The van der Waals surface area contributed by atoms with Gasteiger partial charge >= 0.3 is 0 Å². The fourth-order valence-electron chi connectivity index (χ4n) is 6.12. The van der Waals surface area contributed by atoms with Crippen molar-refractivity contribution in [2.24, 2.45) is 0 Å². The van der Waals surface area contributed by atoms with E-state index >= 15 is 0 Å². The molecule has 4 aromatic rings. The maximum Gasteiger partial charge on any atom is 0.290 e. The van der Waals surface area contributed by atoms with Crippen molar-refractivity contribution in [3.05, 3.63) is 154 Å². The van der Waals surface area contributed by atoms with Gasteiger partial charge in [0.15, 0.2) is 23.1 Å². The van der Waals surface area contributed by atoms with Gasteiger partial charge in [-0.15, -0.1) is 0 Å². The molecule has 0 spiro atoms. The van der Waals surface area contributed by atoms with Gasteiger partial charge in [0.25, 0.3) is 11.8 Å². The lowest BCUT2D eigenvalue weighted by atomic mass is 9.96. The van der Waals surface area contributed by atoms with E-state index in [-0.39, 0.29) is 28.5 Å². The van der Waals surface area contributed by atoms with E-state index in [1.165, 1.54) is 35.8 Å². The van der Waals surface area contributed by atoms with Crippen LogP contribution in [0.25, 0.3) is 0 Å². The van der Waals surface area contributed by atoms with E-state index in [9.17, 15) is 34.5 Å². The molecule has 2 aliphatic heterocycles. The van der Waals surface area contributed by atoms with Crippen LogP contribution in [-0.4, -0.2) is 66.6 Å². The van der Waals surface area contributed by atoms with E-state index in [0.29, 0.717) is 37.2 Å². The summed E-state index contributed by atoms with van der Waals surface area (Å²) in [5, 5.41) is 29.9. The zero-order valence-corrected chi connectivity index (χ0v) is 27.2. The average Bonchev–Trinajstić information content (AvgIpc) is 3.52. The van der Waals surface area contributed by atoms with E-state index in [2.05, 4.69) is 4.98 Å². The molecule has 0 radical (unpaired) electrons. The Hall–Kier alpha value is -6.03. The van der Waals surface area contributed by atoms with E-state index < -0.39 is 35.4 Å². The standard InChI is InChI=1S/C20H19NO4.C19H18N2O3/c1-13(22)17-18(15-7-9-16(23)10-8-15)21(20(25)19(17)24)12-11-14-5-3-2-4-6-14;1-13(22)16-17(15-9-5-6-11-20-15)21(19(24)18(16)23)12-10-14-7-3-2-4-8-14/h2-10,18,23-24H,11-12H2,1H3;2-9,11,17,23H,10,12H2,1H3. The number of phenolic OH excluding ortho intramolecular Hbond substituents is 1. The molecular formula is C39H37N3O7. The zero-order valence-electron chi connectivity index (χ0n) is 27.2. The van der Waals surface area contributed by atoms with E-state index in [4.69, 9.17) is 0 Å². The molecule has 49 heavy (non-hydrogen) atoms. The van der Waals surface area contributed by atoms with Gasteiger partial charge in [-0.2, -0.15) is 0 Å². The number of aliphatic hydroxyl groups excluding tert-OH is 2. The smallest absolute Gasteiger partial charge is 0.290 e. The number of amides is 2. The molecule has 3 aromatic carbocycles. The van der Waals surface area contributed by atoms with E-state index in [0.717, 1.165) is 11.1 Å². The SMILES string of the molecule is CC(=O)C1=C(O)C(=O)N(CCc2ccccc2)C1c1ccc(O)cc1.CC(=O)C1=C(O)C(=O)N(CCc2ccccc2)C1c1ccccn1. The van der Waals surface area contributed by atoms with Crippen LogP contribution < -0.4 is 0 Å². The number of hydrogen-bond acceptors (Lipinski definition) is 8. The lowest BCUT2D eigenvalue weighted by molar-refractivity contribution is -0.130. The predicted octanol–water partition coefficient (Wildman–Crippen LogP) is 5.53. The number of hydrogen-bond donors (Lipinski definition) is 3. The number of rotatable bonds is 10. The van der Waals surface area contributed by atoms with Crippen molar-refractivity contribution in [3.8, 4) is 5.75 Å². The molecule has 2 atom stereocenters. The molecule has 0 aliphatic carbocycles. The van der Waals surface area contributed by atoms with Gasteiger partial charge in [-0.1, -0.05) is 78.9 Å². The second kappa shape index (κ2) is 15.2. The Bertz CT molecular complexity index is 1890. The Morgan fingerprint density at radius 2 is 1.06 bits per heavy atom. The number of pyridine rings is 1. The number of Topliss-reactive ketones (excluding diaryl/α,β-unsaturated/α-hetero) is 2. The predicted molar refractivity (Wildman–Crippen MR) is 182 cm³/mol. The van der Waals surface area contributed by atoms with Gasteiger partial charge in [-0.25, -0.2) is 0 Å². The molecule has 1 aromatic heterocycles. The van der Waals surface area contributed by atoms with Gasteiger partial charge in [0.05, 0.1) is 22.9 Å². The van der Waals surface area contributed by atoms with Gasteiger partial charge < -0.3 is 25.1 Å². The summed E-state index contributed by atoms with van der Waals surface area (Å²) in [5.41, 5.74) is 3.62. The molecule has 3 heterocycles. The number of nitrogens with zero attached hydrogens (tertiary/aromatic N) is 3. The molecular weight excluding hydrogens is 622 g/mol. The minimum atomic E-state index is -0.644. The van der Waals surface area contributed by atoms with Crippen LogP contribution >= 0.6 is 0 Å². The number of aliphatic hydroxyl groups is 2. The van der Waals surface area contributed by atoms with Crippen molar-refractivity contribution in [1.82, 2.24) is 14.8 Å². The van der Waals surface area contributed by atoms with Crippen LogP contribution in [0.1, 0.15) is 48.3 Å². The highest BCUT2D eigenvalue weighted by atomic mass is 16.3. The third kappa shape index (κ3) is 7.59. The van der Waals surface area contributed by atoms with Gasteiger partial charge in [0, 0.05) is 19.3 Å². The molecule has 10 heteroatoms. The summed E-state index contributed by atoms with van der Waals surface area (Å²) < 4.78 is 0. The molecule has 2 aliphatic rings. The number of benzene rings is 3. The van der Waals surface area contributed by atoms with Crippen LogP contribution in [0.3, 0.4) is 0 Å². The molecule has 6 rings (SSSR count). The Balaban J connectivity index is 0.000000191. The number of aromatic hydroxyl groups is 1. The molecule has 0 bridgehead atoms. The molecule has 2 unspecified atom stereocenters. The van der Waals surface area contributed by atoms with Crippen LogP contribution in [0.2, 0.25) is 0 Å². The monoisotopic (exact) mass is 659 g/mol. The van der Waals surface area contributed by atoms with Crippen LogP contribution in [0.5, 0.6) is 5.75 Å². The maximum atomic E-state index is 12.5. The molecule has 250 valence electrons. The minimum absolute atomic E-state index is 0.0986. The van der Waals surface area contributed by atoms with Crippen molar-refractivity contribution in [3.63, 3.8) is 0 Å². The number of ketones is 2. The Kier molecular flexibility index (Phi) is 10.7. The third-order valence-electron chi connectivity index (χ3n) is 8.51. The fraction of sp³-hybridized carbons (Fsp3) is 0.205. The van der Waals surface area contributed by atoms with Crippen LogP contribution in [-0.2, 0) is 32.0 Å². The van der Waals surface area contributed by atoms with E-state index in [1.807, 2.05) is 60.7 Å². The van der Waals surface area contributed by atoms with Gasteiger partial charge in [0.1, 0.15) is 11.8 Å². The number of aromatic nitrogens is 1. The molecule has 0 saturated heterocycles. The summed E-state index contributed by atoms with van der Waals surface area (Å²) in [6.45, 7) is 3.46. The maximum absolute atomic E-state index is 12.5. The van der Waals surface area contributed by atoms with Crippen molar-refractivity contribution in [2.45, 2.75) is 38.8 Å². The topological polar surface area (TPSA) is 148 Å². The van der Waals surface area contributed by atoms with Gasteiger partial charge in [-0.05, 0) is 67.6 Å². The Morgan fingerprint density at radius 3 is 1.51 bits per heavy atom. The minimum Gasteiger partial charge on any atom is -0.508 e. The quantitative estimate of drug-likeness (QED) is 0.201. The summed E-state index contributed by atoms with van der Waals surface area (Å²) in [7, 11) is 0. The molecule has 10 nitrogen and oxygen atoms in total. The first-order chi connectivity index (χ1) is 23.6. The third-order valence-corrected chi connectivity index (χ3v) is 8.51. The molecule has 2 amide bonds. The summed E-state index contributed by atoms with van der Waals surface area (Å²) in [6, 6.07) is 29.8. The average molecular weight is 660 g/mol. The van der Waals surface area contributed by atoms with Crippen LogP contribution in [0.15, 0.2) is 132 Å². The van der Waals surface area contributed by atoms with Gasteiger partial charge in [-0.3, -0.25) is 24.2 Å². The second-order valence-electron chi connectivity index (χ2n) is 11.8. The summed E-state index contributed by atoms with van der Waals surface area (Å²) in [6.07, 6.45) is 2.86. The summed E-state index contributed by atoms with van der Waals surface area (Å²) in [5.74, 6) is -2.58. The normalized spacial score (nSPS) is 17.3. The fourth-order valence-corrected chi connectivity index (χ4v) is 6.12. The zero-order chi connectivity index (χ0) is 35.1.